The number of carbonyl (C=O) groups excluding carboxylic acids is 1. The SMILES string of the molecule is O=C(CCCCl)N1CC(Oc2cccnc2)C1. The van der Waals surface area contributed by atoms with Crippen molar-refractivity contribution in [1.82, 2.24) is 9.88 Å². The van der Waals surface area contributed by atoms with E-state index in [1.54, 1.807) is 17.3 Å². The zero-order valence-electron chi connectivity index (χ0n) is 9.51. The minimum absolute atomic E-state index is 0.0964. The third-order valence-electron chi connectivity index (χ3n) is 2.66. The van der Waals surface area contributed by atoms with Crippen molar-refractivity contribution >= 4 is 17.5 Å². The lowest BCUT2D eigenvalue weighted by Gasteiger charge is -2.39. The first-order chi connectivity index (χ1) is 8.29. The van der Waals surface area contributed by atoms with Crippen LogP contribution in [0, 0.1) is 0 Å². The molecule has 1 aromatic heterocycles. The molecule has 0 N–H and O–H groups in total. The molecular formula is C12H15ClN2O2. The zero-order valence-corrected chi connectivity index (χ0v) is 10.3. The Labute approximate surface area is 106 Å². The minimum atomic E-state index is 0.0964. The molecule has 0 unspecified atom stereocenters. The number of carbonyl (C=O) groups is 1. The van der Waals surface area contributed by atoms with E-state index in [0.29, 0.717) is 25.4 Å². The predicted octanol–water partition coefficient (Wildman–Crippen LogP) is 1.69. The second-order valence-corrected chi connectivity index (χ2v) is 4.40. The van der Waals surface area contributed by atoms with E-state index >= 15 is 0 Å². The Balaban J connectivity index is 1.70. The summed E-state index contributed by atoms with van der Waals surface area (Å²) in [7, 11) is 0. The number of rotatable bonds is 5. The average molecular weight is 255 g/mol. The van der Waals surface area contributed by atoms with Gasteiger partial charge < -0.3 is 9.64 Å². The second-order valence-electron chi connectivity index (χ2n) is 4.02. The number of alkyl halides is 1. The molecule has 1 aliphatic heterocycles. The summed E-state index contributed by atoms with van der Waals surface area (Å²) in [5.74, 6) is 1.46. The molecule has 0 aromatic carbocycles. The van der Waals surface area contributed by atoms with Gasteiger partial charge >= 0.3 is 0 Å². The Morgan fingerprint density at radius 3 is 3.06 bits per heavy atom. The topological polar surface area (TPSA) is 42.4 Å². The van der Waals surface area contributed by atoms with Gasteiger partial charge in [-0.15, -0.1) is 11.6 Å². The monoisotopic (exact) mass is 254 g/mol. The molecule has 1 amide bonds. The van der Waals surface area contributed by atoms with Gasteiger partial charge in [0.1, 0.15) is 11.9 Å². The second kappa shape index (κ2) is 5.87. The van der Waals surface area contributed by atoms with Crippen molar-refractivity contribution in [1.29, 1.82) is 0 Å². The Bertz CT molecular complexity index is 366. The summed E-state index contributed by atoms with van der Waals surface area (Å²) in [5, 5.41) is 0. The van der Waals surface area contributed by atoms with Gasteiger partial charge in [0.2, 0.25) is 5.91 Å². The molecule has 1 aromatic rings. The summed E-state index contributed by atoms with van der Waals surface area (Å²) in [6.45, 7) is 1.33. The Morgan fingerprint density at radius 1 is 1.59 bits per heavy atom. The van der Waals surface area contributed by atoms with Crippen LogP contribution in [-0.4, -0.2) is 40.9 Å². The lowest BCUT2D eigenvalue weighted by molar-refractivity contribution is -0.140. The molecule has 0 bridgehead atoms. The summed E-state index contributed by atoms with van der Waals surface area (Å²) >= 11 is 5.55. The number of pyridine rings is 1. The van der Waals surface area contributed by atoms with Crippen LogP contribution in [0.25, 0.3) is 0 Å². The Hall–Kier alpha value is -1.29. The van der Waals surface area contributed by atoms with Crippen LogP contribution < -0.4 is 4.74 Å². The van der Waals surface area contributed by atoms with E-state index in [-0.39, 0.29) is 12.0 Å². The maximum absolute atomic E-state index is 11.6. The van der Waals surface area contributed by atoms with Gasteiger partial charge in [-0.05, 0) is 18.6 Å². The number of ether oxygens (including phenoxy) is 1. The number of hydrogen-bond donors (Lipinski definition) is 0. The maximum Gasteiger partial charge on any atom is 0.222 e. The number of nitrogens with zero attached hydrogens (tertiary/aromatic N) is 2. The first-order valence-electron chi connectivity index (χ1n) is 5.70. The highest BCUT2D eigenvalue weighted by molar-refractivity contribution is 6.17. The van der Waals surface area contributed by atoms with Crippen molar-refractivity contribution in [2.75, 3.05) is 19.0 Å². The molecule has 5 heteroatoms. The predicted molar refractivity (Wildman–Crippen MR) is 65.2 cm³/mol. The van der Waals surface area contributed by atoms with Crippen molar-refractivity contribution in [2.24, 2.45) is 0 Å². The first-order valence-corrected chi connectivity index (χ1v) is 6.23. The van der Waals surface area contributed by atoms with Gasteiger partial charge in [0.25, 0.3) is 0 Å². The number of hydrogen-bond acceptors (Lipinski definition) is 3. The van der Waals surface area contributed by atoms with Crippen LogP contribution in [0.3, 0.4) is 0 Å². The highest BCUT2D eigenvalue weighted by atomic mass is 35.5. The van der Waals surface area contributed by atoms with E-state index in [0.717, 1.165) is 12.2 Å². The van der Waals surface area contributed by atoms with Crippen molar-refractivity contribution in [3.05, 3.63) is 24.5 Å². The van der Waals surface area contributed by atoms with Gasteiger partial charge in [0.05, 0.1) is 19.3 Å². The summed E-state index contributed by atoms with van der Waals surface area (Å²) in [5.41, 5.74) is 0. The largest absolute Gasteiger partial charge is 0.485 e. The molecule has 2 heterocycles. The molecule has 0 spiro atoms. The van der Waals surface area contributed by atoms with Crippen LogP contribution >= 0.6 is 11.6 Å². The van der Waals surface area contributed by atoms with Gasteiger partial charge in [-0.1, -0.05) is 0 Å². The number of halogens is 1. The van der Waals surface area contributed by atoms with Crippen LogP contribution in [0.5, 0.6) is 5.75 Å². The van der Waals surface area contributed by atoms with Crippen LogP contribution in [-0.2, 0) is 4.79 Å². The quantitative estimate of drug-likeness (QED) is 0.751. The molecule has 0 atom stereocenters. The Kier molecular flexibility index (Phi) is 4.20. The van der Waals surface area contributed by atoms with E-state index < -0.39 is 0 Å². The van der Waals surface area contributed by atoms with Gasteiger partial charge in [0, 0.05) is 18.5 Å². The first kappa shape index (κ1) is 12.2. The maximum atomic E-state index is 11.6. The highest BCUT2D eigenvalue weighted by Gasteiger charge is 2.31. The van der Waals surface area contributed by atoms with E-state index in [1.165, 1.54) is 0 Å². The van der Waals surface area contributed by atoms with E-state index in [2.05, 4.69) is 4.98 Å². The van der Waals surface area contributed by atoms with Crippen LogP contribution in [0.1, 0.15) is 12.8 Å². The summed E-state index contributed by atoms with van der Waals surface area (Å²) in [4.78, 5) is 17.4. The van der Waals surface area contributed by atoms with E-state index in [1.807, 2.05) is 12.1 Å². The molecule has 92 valence electrons. The normalized spacial score (nSPS) is 15.5. The molecule has 0 saturated carbocycles. The molecule has 1 saturated heterocycles. The fraction of sp³-hybridized carbons (Fsp3) is 0.500. The third-order valence-corrected chi connectivity index (χ3v) is 2.93. The summed E-state index contributed by atoms with van der Waals surface area (Å²) in [6.07, 6.45) is 4.75. The van der Waals surface area contributed by atoms with Crippen LogP contribution in [0.4, 0.5) is 0 Å². The molecule has 2 rings (SSSR count). The van der Waals surface area contributed by atoms with Crippen molar-refractivity contribution in [3.63, 3.8) is 0 Å². The standard InChI is InChI=1S/C12H15ClN2O2/c13-5-1-4-12(16)15-8-11(9-15)17-10-3-2-6-14-7-10/h2-3,6-7,11H,1,4-5,8-9H2. The minimum Gasteiger partial charge on any atom is -0.485 e. The fourth-order valence-electron chi connectivity index (χ4n) is 1.70. The lowest BCUT2D eigenvalue weighted by atomic mass is 10.1. The zero-order chi connectivity index (χ0) is 12.1. The smallest absolute Gasteiger partial charge is 0.222 e. The van der Waals surface area contributed by atoms with Crippen molar-refractivity contribution < 1.29 is 9.53 Å². The van der Waals surface area contributed by atoms with Gasteiger partial charge in [-0.2, -0.15) is 0 Å². The van der Waals surface area contributed by atoms with E-state index in [4.69, 9.17) is 16.3 Å². The molecule has 1 aliphatic rings. The van der Waals surface area contributed by atoms with Crippen LogP contribution in [0.15, 0.2) is 24.5 Å². The molecule has 4 nitrogen and oxygen atoms in total. The summed E-state index contributed by atoms with van der Waals surface area (Å²) in [6, 6.07) is 3.70. The molecule has 0 aliphatic carbocycles. The molecule has 17 heavy (non-hydrogen) atoms. The third kappa shape index (κ3) is 3.33. The van der Waals surface area contributed by atoms with Gasteiger partial charge in [-0.3, -0.25) is 9.78 Å². The number of amides is 1. The summed E-state index contributed by atoms with van der Waals surface area (Å²) < 4.78 is 5.65. The number of aromatic nitrogens is 1. The van der Waals surface area contributed by atoms with Crippen molar-refractivity contribution in [2.45, 2.75) is 18.9 Å². The molecular weight excluding hydrogens is 240 g/mol. The van der Waals surface area contributed by atoms with Crippen molar-refractivity contribution in [3.8, 4) is 5.75 Å². The average Bonchev–Trinajstić information content (AvgIpc) is 2.31. The molecule has 1 fully saturated rings. The highest BCUT2D eigenvalue weighted by Crippen LogP contribution is 2.17. The number of likely N-dealkylation sites (tertiary alicyclic amines) is 1. The fourth-order valence-corrected chi connectivity index (χ4v) is 1.84. The molecule has 0 radical (unpaired) electrons. The van der Waals surface area contributed by atoms with E-state index in [9.17, 15) is 4.79 Å². The lowest BCUT2D eigenvalue weighted by Crippen LogP contribution is -2.56. The Morgan fingerprint density at radius 2 is 2.41 bits per heavy atom. The van der Waals surface area contributed by atoms with Crippen LogP contribution in [0.2, 0.25) is 0 Å². The van der Waals surface area contributed by atoms with Gasteiger partial charge in [0.15, 0.2) is 0 Å². The van der Waals surface area contributed by atoms with Gasteiger partial charge in [-0.25, -0.2) is 0 Å².